The molecule has 1 N–H and O–H groups in total. The summed E-state index contributed by atoms with van der Waals surface area (Å²) in [7, 11) is 0. The fourth-order valence-corrected chi connectivity index (χ4v) is 5.00. The van der Waals surface area contributed by atoms with Crippen molar-refractivity contribution in [3.8, 4) is 5.75 Å². The molecule has 0 spiro atoms. The summed E-state index contributed by atoms with van der Waals surface area (Å²) < 4.78 is 8.22. The molecule has 0 saturated carbocycles. The van der Waals surface area contributed by atoms with Crippen LogP contribution in [0.4, 0.5) is 10.5 Å². The van der Waals surface area contributed by atoms with Crippen LogP contribution in [0.3, 0.4) is 0 Å². The van der Waals surface area contributed by atoms with E-state index >= 15 is 0 Å². The number of carbonyl (C=O) groups is 3. The number of barbiturate groups is 1. The van der Waals surface area contributed by atoms with Gasteiger partial charge in [0.1, 0.15) is 17.9 Å². The molecule has 1 heterocycles. The van der Waals surface area contributed by atoms with E-state index in [9.17, 15) is 14.4 Å². The van der Waals surface area contributed by atoms with Crippen molar-refractivity contribution in [1.29, 1.82) is 0 Å². The van der Waals surface area contributed by atoms with E-state index in [2.05, 4.69) is 53.1 Å². The molecule has 0 aliphatic carbocycles. The minimum absolute atomic E-state index is 0.150. The van der Waals surface area contributed by atoms with Gasteiger partial charge in [0.15, 0.2) is 0 Å². The molecule has 1 aliphatic rings. The molecular weight excluding hydrogens is 632 g/mol. The van der Waals surface area contributed by atoms with Gasteiger partial charge < -0.3 is 4.74 Å². The Bertz CT molecular complexity index is 1300. The number of nitrogens with zero attached hydrogens (tertiary/aromatic N) is 1. The molecule has 0 atom stereocenters. The van der Waals surface area contributed by atoms with E-state index in [1.54, 1.807) is 36.4 Å². The number of imide groups is 2. The topological polar surface area (TPSA) is 75.7 Å². The molecule has 0 bridgehead atoms. The summed E-state index contributed by atoms with van der Waals surface area (Å²) in [5.41, 5.74) is 2.79. The largest absolute Gasteiger partial charge is 0.487 e. The maximum Gasteiger partial charge on any atom is 0.335 e. The van der Waals surface area contributed by atoms with Crippen LogP contribution >= 0.6 is 47.8 Å². The minimum Gasteiger partial charge on any atom is -0.487 e. The standard InChI is InChI=1S/C25H17Br3N2O4/c1-14-2-8-18(9-3-14)30-24(32)19(23(31)29-25(30)33)10-16-11-20(27)22(21(28)12-16)34-13-15-4-6-17(26)7-5-15/h2-12H,13H2,1H3,(H,29,31,33)/b19-10+. The molecule has 4 rings (SSSR count). The van der Waals surface area contributed by atoms with Gasteiger partial charge in [0.05, 0.1) is 14.6 Å². The number of carbonyl (C=O) groups excluding carboxylic acids is 3. The summed E-state index contributed by atoms with van der Waals surface area (Å²) in [6.07, 6.45) is 1.44. The second kappa shape index (κ2) is 10.2. The third-order valence-electron chi connectivity index (χ3n) is 5.02. The fourth-order valence-electron chi connectivity index (χ4n) is 3.29. The van der Waals surface area contributed by atoms with E-state index in [0.29, 0.717) is 32.6 Å². The lowest BCUT2D eigenvalue weighted by Gasteiger charge is -2.26. The Morgan fingerprint density at radius 2 is 1.53 bits per heavy atom. The molecule has 6 nitrogen and oxygen atoms in total. The number of hydrogen-bond donors (Lipinski definition) is 1. The lowest BCUT2D eigenvalue weighted by Crippen LogP contribution is -2.54. The Kier molecular flexibility index (Phi) is 7.35. The van der Waals surface area contributed by atoms with Crippen molar-refractivity contribution in [2.45, 2.75) is 13.5 Å². The van der Waals surface area contributed by atoms with Gasteiger partial charge in [-0.1, -0.05) is 45.8 Å². The third-order valence-corrected chi connectivity index (χ3v) is 6.73. The van der Waals surface area contributed by atoms with Crippen molar-refractivity contribution < 1.29 is 19.1 Å². The van der Waals surface area contributed by atoms with Crippen molar-refractivity contribution in [3.63, 3.8) is 0 Å². The Morgan fingerprint density at radius 3 is 2.15 bits per heavy atom. The third kappa shape index (κ3) is 5.32. The zero-order valence-corrected chi connectivity index (χ0v) is 22.5. The fraction of sp³-hybridized carbons (Fsp3) is 0.0800. The molecule has 172 valence electrons. The van der Waals surface area contributed by atoms with Crippen LogP contribution in [0.25, 0.3) is 6.08 Å². The number of nitrogens with one attached hydrogen (secondary N) is 1. The first-order valence-electron chi connectivity index (χ1n) is 10.1. The summed E-state index contributed by atoms with van der Waals surface area (Å²) in [5.74, 6) is -0.859. The average Bonchev–Trinajstić information content (AvgIpc) is 2.78. The summed E-state index contributed by atoms with van der Waals surface area (Å²) in [6.45, 7) is 2.26. The van der Waals surface area contributed by atoms with Gasteiger partial charge in [-0.15, -0.1) is 0 Å². The Hall–Kier alpha value is -2.75. The number of amides is 4. The minimum atomic E-state index is -0.782. The van der Waals surface area contributed by atoms with Gasteiger partial charge >= 0.3 is 6.03 Å². The molecule has 3 aromatic carbocycles. The summed E-state index contributed by atoms with van der Waals surface area (Å²) in [5, 5.41) is 2.23. The van der Waals surface area contributed by atoms with Crippen LogP contribution in [0.2, 0.25) is 0 Å². The van der Waals surface area contributed by atoms with Gasteiger partial charge in [-0.3, -0.25) is 14.9 Å². The Labute approximate surface area is 221 Å². The van der Waals surface area contributed by atoms with Crippen LogP contribution in [0, 0.1) is 6.92 Å². The van der Waals surface area contributed by atoms with Crippen molar-refractivity contribution in [3.05, 3.63) is 96.3 Å². The van der Waals surface area contributed by atoms with Gasteiger partial charge in [0, 0.05) is 4.47 Å². The predicted octanol–water partition coefficient (Wildman–Crippen LogP) is 6.53. The highest BCUT2D eigenvalue weighted by atomic mass is 79.9. The number of halogens is 3. The van der Waals surface area contributed by atoms with Crippen LogP contribution in [0.15, 0.2) is 79.7 Å². The molecular formula is C25H17Br3N2O4. The van der Waals surface area contributed by atoms with Gasteiger partial charge in [-0.2, -0.15) is 0 Å². The molecule has 3 aromatic rings. The predicted molar refractivity (Wildman–Crippen MR) is 140 cm³/mol. The molecule has 0 aromatic heterocycles. The van der Waals surface area contributed by atoms with Crippen LogP contribution in [0.1, 0.15) is 16.7 Å². The number of ether oxygens (including phenoxy) is 1. The van der Waals surface area contributed by atoms with E-state index in [1.165, 1.54) is 6.08 Å². The maximum absolute atomic E-state index is 13.1. The monoisotopic (exact) mass is 646 g/mol. The van der Waals surface area contributed by atoms with Gasteiger partial charge in [-0.25, -0.2) is 9.69 Å². The highest BCUT2D eigenvalue weighted by Gasteiger charge is 2.36. The number of urea groups is 1. The first-order chi connectivity index (χ1) is 16.2. The van der Waals surface area contributed by atoms with Gasteiger partial charge in [-0.05, 0) is 92.4 Å². The van der Waals surface area contributed by atoms with E-state index in [4.69, 9.17) is 4.74 Å². The highest BCUT2D eigenvalue weighted by Crippen LogP contribution is 2.36. The van der Waals surface area contributed by atoms with Gasteiger partial charge in [0.25, 0.3) is 11.8 Å². The highest BCUT2D eigenvalue weighted by molar-refractivity contribution is 9.11. The molecule has 4 amide bonds. The Morgan fingerprint density at radius 1 is 0.912 bits per heavy atom. The zero-order chi connectivity index (χ0) is 24.4. The maximum atomic E-state index is 13.1. The lowest BCUT2D eigenvalue weighted by molar-refractivity contribution is -0.122. The molecule has 0 unspecified atom stereocenters. The SMILES string of the molecule is Cc1ccc(N2C(=O)NC(=O)/C(=C\c3cc(Br)c(OCc4ccc(Br)cc4)c(Br)c3)C2=O)cc1. The van der Waals surface area contributed by atoms with Crippen molar-refractivity contribution in [1.82, 2.24) is 5.32 Å². The quantitative estimate of drug-likeness (QED) is 0.252. The number of anilines is 1. The van der Waals surface area contributed by atoms with Crippen LogP contribution < -0.4 is 15.0 Å². The molecule has 1 aliphatic heterocycles. The molecule has 1 saturated heterocycles. The molecule has 1 fully saturated rings. The molecule has 0 radical (unpaired) electrons. The van der Waals surface area contributed by atoms with Crippen molar-refractivity contribution in [2.24, 2.45) is 0 Å². The van der Waals surface area contributed by atoms with E-state index in [1.807, 2.05) is 31.2 Å². The number of hydrogen-bond acceptors (Lipinski definition) is 4. The second-order valence-corrected chi connectivity index (χ2v) is 10.1. The summed E-state index contributed by atoms with van der Waals surface area (Å²) in [4.78, 5) is 38.9. The number of benzene rings is 3. The molecule has 9 heteroatoms. The first-order valence-corrected chi connectivity index (χ1v) is 12.5. The summed E-state index contributed by atoms with van der Waals surface area (Å²) >= 11 is 10.4. The second-order valence-electron chi connectivity index (χ2n) is 7.52. The lowest BCUT2D eigenvalue weighted by atomic mass is 10.1. The van der Waals surface area contributed by atoms with Crippen LogP contribution in [0.5, 0.6) is 5.75 Å². The van der Waals surface area contributed by atoms with Crippen LogP contribution in [-0.2, 0) is 16.2 Å². The average molecular weight is 649 g/mol. The van der Waals surface area contributed by atoms with Crippen molar-refractivity contribution in [2.75, 3.05) is 4.90 Å². The first kappa shape index (κ1) is 24.4. The summed E-state index contributed by atoms with van der Waals surface area (Å²) in [6, 6.07) is 17.4. The molecule has 34 heavy (non-hydrogen) atoms. The van der Waals surface area contributed by atoms with E-state index in [-0.39, 0.29) is 5.57 Å². The van der Waals surface area contributed by atoms with Crippen LogP contribution in [-0.4, -0.2) is 17.8 Å². The normalized spacial score (nSPS) is 15.0. The van der Waals surface area contributed by atoms with Crippen molar-refractivity contribution >= 4 is 77.4 Å². The number of aryl methyl sites for hydroxylation is 1. The Balaban J connectivity index is 1.60. The number of rotatable bonds is 5. The smallest absolute Gasteiger partial charge is 0.335 e. The van der Waals surface area contributed by atoms with E-state index in [0.717, 1.165) is 20.5 Å². The van der Waals surface area contributed by atoms with E-state index < -0.39 is 17.8 Å². The van der Waals surface area contributed by atoms with Gasteiger partial charge in [0.2, 0.25) is 0 Å². The zero-order valence-electron chi connectivity index (χ0n) is 17.8.